The fraction of sp³-hybridized carbons (Fsp3) is 0.650. The van der Waals surface area contributed by atoms with Crippen LogP contribution in [0.2, 0.25) is 0 Å². The number of methoxy groups -OCH3 is 1. The number of likely N-dealkylation sites (N-methyl/N-ethyl adjacent to an activating group) is 1. The van der Waals surface area contributed by atoms with Gasteiger partial charge in [0.25, 0.3) is 0 Å². The molecule has 1 aromatic rings. The summed E-state index contributed by atoms with van der Waals surface area (Å²) < 4.78 is 11.3. The number of unbranched alkanes of at least 4 members (excludes halogenated alkanes) is 1. The second kappa shape index (κ2) is 9.65. The number of nitriles is 1. The van der Waals surface area contributed by atoms with Crippen LogP contribution in [0.1, 0.15) is 44.7 Å². The summed E-state index contributed by atoms with van der Waals surface area (Å²) in [6.07, 6.45) is 3.13. The molecule has 1 aromatic carbocycles. The fourth-order valence-electron chi connectivity index (χ4n) is 3.37. The zero-order valence-corrected chi connectivity index (χ0v) is 16.0. The Morgan fingerprint density at radius 3 is 2.72 bits per heavy atom. The van der Waals surface area contributed by atoms with Gasteiger partial charge in [-0.05, 0) is 37.6 Å². The van der Waals surface area contributed by atoms with Gasteiger partial charge in [-0.1, -0.05) is 26.3 Å². The third-order valence-electron chi connectivity index (χ3n) is 4.92. The van der Waals surface area contributed by atoms with Crippen molar-refractivity contribution in [2.45, 2.75) is 45.2 Å². The average molecular weight is 345 g/mol. The van der Waals surface area contributed by atoms with Gasteiger partial charge in [-0.3, -0.25) is 4.90 Å². The van der Waals surface area contributed by atoms with Gasteiger partial charge >= 0.3 is 0 Å². The molecule has 0 N–H and O–H groups in total. The molecule has 2 atom stereocenters. The highest BCUT2D eigenvalue weighted by Gasteiger charge is 2.31. The van der Waals surface area contributed by atoms with Gasteiger partial charge in [-0.25, -0.2) is 0 Å². The number of hydrogen-bond donors (Lipinski definition) is 0. The van der Waals surface area contributed by atoms with Crippen molar-refractivity contribution >= 4 is 0 Å². The second-order valence-electron chi connectivity index (χ2n) is 6.71. The zero-order valence-electron chi connectivity index (χ0n) is 16.0. The molecule has 0 aliphatic carbocycles. The van der Waals surface area contributed by atoms with Crippen molar-refractivity contribution in [2.24, 2.45) is 0 Å². The predicted octanol–water partition coefficient (Wildman–Crippen LogP) is 3.46. The number of rotatable bonds is 8. The van der Waals surface area contributed by atoms with Crippen LogP contribution in [0.15, 0.2) is 18.2 Å². The summed E-state index contributed by atoms with van der Waals surface area (Å²) in [4.78, 5) is 4.67. The van der Waals surface area contributed by atoms with Crippen LogP contribution in [-0.4, -0.2) is 56.2 Å². The lowest BCUT2D eigenvalue weighted by atomic mass is 10.0. The standard InChI is InChI=1S/C20H31N3O2/c1-5-7-12-25-20-13-16(8-9-19(20)24-4)18(14-21)23-11-10-22(3)15-17(23)6-2/h8-9,13,17-18H,5-7,10-12,15H2,1-4H3. The summed E-state index contributed by atoms with van der Waals surface area (Å²) in [5, 5.41) is 9.87. The van der Waals surface area contributed by atoms with Gasteiger partial charge in [0.15, 0.2) is 11.5 Å². The highest BCUT2D eigenvalue weighted by molar-refractivity contribution is 5.45. The molecule has 0 saturated carbocycles. The maximum Gasteiger partial charge on any atom is 0.161 e. The van der Waals surface area contributed by atoms with Crippen LogP contribution in [0.3, 0.4) is 0 Å². The first-order chi connectivity index (χ1) is 12.1. The maximum absolute atomic E-state index is 9.87. The van der Waals surface area contributed by atoms with E-state index in [1.807, 2.05) is 18.2 Å². The van der Waals surface area contributed by atoms with Crippen molar-refractivity contribution in [3.63, 3.8) is 0 Å². The van der Waals surface area contributed by atoms with Crippen molar-refractivity contribution in [2.75, 3.05) is 40.4 Å². The van der Waals surface area contributed by atoms with Crippen molar-refractivity contribution in [1.82, 2.24) is 9.80 Å². The normalized spacial score (nSPS) is 20.0. The molecule has 2 unspecified atom stereocenters. The third-order valence-corrected chi connectivity index (χ3v) is 4.92. The smallest absolute Gasteiger partial charge is 0.161 e. The Hall–Kier alpha value is -1.77. The molecule has 0 spiro atoms. The number of piperazine rings is 1. The Morgan fingerprint density at radius 2 is 2.08 bits per heavy atom. The number of ether oxygens (including phenoxy) is 2. The summed E-state index contributed by atoms with van der Waals surface area (Å²) in [7, 11) is 3.80. The lowest BCUT2D eigenvalue weighted by Gasteiger charge is -2.42. The van der Waals surface area contributed by atoms with E-state index in [0.717, 1.165) is 56.0 Å². The quantitative estimate of drug-likeness (QED) is 0.675. The topological polar surface area (TPSA) is 48.7 Å². The minimum absolute atomic E-state index is 0.252. The van der Waals surface area contributed by atoms with E-state index in [2.05, 4.69) is 36.8 Å². The first kappa shape index (κ1) is 19.6. The largest absolute Gasteiger partial charge is 0.493 e. The van der Waals surface area contributed by atoms with E-state index >= 15 is 0 Å². The minimum Gasteiger partial charge on any atom is -0.493 e. The molecule has 1 heterocycles. The molecule has 5 nitrogen and oxygen atoms in total. The van der Waals surface area contributed by atoms with Crippen LogP contribution in [0.5, 0.6) is 11.5 Å². The van der Waals surface area contributed by atoms with Crippen LogP contribution in [0.25, 0.3) is 0 Å². The Bertz CT molecular complexity index is 585. The Morgan fingerprint density at radius 1 is 1.28 bits per heavy atom. The number of benzene rings is 1. The van der Waals surface area contributed by atoms with Crippen molar-refractivity contribution in [3.05, 3.63) is 23.8 Å². The molecule has 25 heavy (non-hydrogen) atoms. The van der Waals surface area contributed by atoms with E-state index in [9.17, 15) is 5.26 Å². The molecule has 1 aliphatic rings. The third kappa shape index (κ3) is 4.87. The highest BCUT2D eigenvalue weighted by Crippen LogP contribution is 2.33. The predicted molar refractivity (Wildman–Crippen MR) is 100 cm³/mol. The Balaban J connectivity index is 2.24. The first-order valence-electron chi connectivity index (χ1n) is 9.29. The molecule has 0 amide bonds. The van der Waals surface area contributed by atoms with Gasteiger partial charge in [-0.2, -0.15) is 5.26 Å². The molecule has 0 aromatic heterocycles. The Kier molecular flexibility index (Phi) is 7.54. The second-order valence-corrected chi connectivity index (χ2v) is 6.71. The summed E-state index contributed by atoms with van der Waals surface area (Å²) in [6.45, 7) is 7.90. The van der Waals surface area contributed by atoms with Gasteiger partial charge in [0.05, 0.1) is 19.8 Å². The maximum atomic E-state index is 9.87. The summed E-state index contributed by atoms with van der Waals surface area (Å²) in [6, 6.07) is 8.54. The van der Waals surface area contributed by atoms with E-state index in [4.69, 9.17) is 9.47 Å². The van der Waals surface area contributed by atoms with Crippen molar-refractivity contribution < 1.29 is 9.47 Å². The average Bonchev–Trinajstić information content (AvgIpc) is 2.63. The monoisotopic (exact) mass is 345 g/mol. The van der Waals surface area contributed by atoms with Gasteiger partial charge in [0.1, 0.15) is 6.04 Å². The minimum atomic E-state index is -0.252. The van der Waals surface area contributed by atoms with E-state index in [0.29, 0.717) is 12.6 Å². The van der Waals surface area contributed by atoms with Crippen LogP contribution in [0.4, 0.5) is 0 Å². The van der Waals surface area contributed by atoms with Crippen molar-refractivity contribution in [3.8, 4) is 17.6 Å². The lowest BCUT2D eigenvalue weighted by Crippen LogP contribution is -2.52. The molecular formula is C20H31N3O2. The van der Waals surface area contributed by atoms with E-state index < -0.39 is 0 Å². The summed E-state index contributed by atoms with van der Waals surface area (Å²) in [5.74, 6) is 1.46. The highest BCUT2D eigenvalue weighted by atomic mass is 16.5. The van der Waals surface area contributed by atoms with E-state index in [-0.39, 0.29) is 6.04 Å². The van der Waals surface area contributed by atoms with Crippen LogP contribution in [-0.2, 0) is 0 Å². The van der Waals surface area contributed by atoms with Crippen LogP contribution >= 0.6 is 0 Å². The van der Waals surface area contributed by atoms with E-state index in [1.165, 1.54) is 0 Å². The van der Waals surface area contributed by atoms with Gasteiger partial charge in [0.2, 0.25) is 0 Å². The summed E-state index contributed by atoms with van der Waals surface area (Å²) >= 11 is 0. The Labute approximate surface area is 152 Å². The lowest BCUT2D eigenvalue weighted by molar-refractivity contribution is 0.0674. The number of hydrogen-bond acceptors (Lipinski definition) is 5. The zero-order chi connectivity index (χ0) is 18.2. The molecule has 1 fully saturated rings. The molecule has 5 heteroatoms. The molecule has 138 valence electrons. The molecular weight excluding hydrogens is 314 g/mol. The SMILES string of the molecule is CCCCOc1cc(C(C#N)N2CCN(C)CC2CC)ccc1OC. The van der Waals surface area contributed by atoms with Crippen LogP contribution < -0.4 is 9.47 Å². The first-order valence-corrected chi connectivity index (χ1v) is 9.29. The molecule has 0 bridgehead atoms. The summed E-state index contributed by atoms with van der Waals surface area (Å²) in [5.41, 5.74) is 0.984. The van der Waals surface area contributed by atoms with Gasteiger partial charge in [0, 0.05) is 25.7 Å². The van der Waals surface area contributed by atoms with Crippen molar-refractivity contribution in [1.29, 1.82) is 5.26 Å². The van der Waals surface area contributed by atoms with Crippen LogP contribution in [0, 0.1) is 11.3 Å². The molecule has 0 radical (unpaired) electrons. The fourth-order valence-corrected chi connectivity index (χ4v) is 3.37. The molecule has 1 aliphatic heterocycles. The van der Waals surface area contributed by atoms with Gasteiger partial charge in [-0.15, -0.1) is 0 Å². The van der Waals surface area contributed by atoms with Gasteiger partial charge < -0.3 is 14.4 Å². The number of nitrogens with zero attached hydrogens (tertiary/aromatic N) is 3. The van der Waals surface area contributed by atoms with E-state index in [1.54, 1.807) is 7.11 Å². The molecule has 2 rings (SSSR count). The molecule has 1 saturated heterocycles.